The summed E-state index contributed by atoms with van der Waals surface area (Å²) < 4.78 is 7.28. The van der Waals surface area contributed by atoms with Crippen molar-refractivity contribution in [3.05, 3.63) is 35.6 Å². The number of hydrogen-bond donors (Lipinski definition) is 1. The molecular weight excluding hydrogens is 392 g/mol. The number of likely N-dealkylation sites (tertiary alicyclic amines) is 1. The lowest BCUT2D eigenvalue weighted by Gasteiger charge is -2.31. The van der Waals surface area contributed by atoms with Gasteiger partial charge in [-0.3, -0.25) is 4.79 Å². The Kier molecular flexibility index (Phi) is 5.16. The largest absolute Gasteiger partial charge is 0.368 e. The number of nitrogens with one attached hydrogen (secondary N) is 1. The first kappa shape index (κ1) is 20.0. The Labute approximate surface area is 182 Å². The minimum Gasteiger partial charge on any atom is -0.368 e. The minimum atomic E-state index is -0.0524. The van der Waals surface area contributed by atoms with E-state index in [2.05, 4.69) is 39.9 Å². The molecule has 8 heteroatoms. The van der Waals surface area contributed by atoms with Gasteiger partial charge in [-0.25, -0.2) is 9.97 Å². The van der Waals surface area contributed by atoms with E-state index in [1.54, 1.807) is 13.0 Å². The predicted molar refractivity (Wildman–Crippen MR) is 118 cm³/mol. The highest BCUT2D eigenvalue weighted by Gasteiger charge is 2.28. The van der Waals surface area contributed by atoms with Crippen molar-refractivity contribution in [3.8, 4) is 0 Å². The van der Waals surface area contributed by atoms with Crippen LogP contribution in [-0.4, -0.2) is 50.1 Å². The molecule has 8 nitrogen and oxygen atoms in total. The Hall–Kier alpha value is -2.90. The molecule has 5 rings (SSSR count). The first-order chi connectivity index (χ1) is 15.0. The van der Waals surface area contributed by atoms with Crippen molar-refractivity contribution in [2.24, 2.45) is 5.92 Å². The lowest BCUT2D eigenvalue weighted by Crippen LogP contribution is -2.38. The van der Waals surface area contributed by atoms with Crippen LogP contribution in [-0.2, 0) is 0 Å². The topological polar surface area (TPSA) is 89.1 Å². The molecule has 1 amide bonds. The van der Waals surface area contributed by atoms with Crippen molar-refractivity contribution < 1.29 is 9.32 Å². The van der Waals surface area contributed by atoms with Gasteiger partial charge in [-0.2, -0.15) is 0 Å². The maximum Gasteiger partial charge on any atom is 0.276 e. The standard InChI is InChI=1S/C23H30N6O2/c1-14(2)29-13-25-21-20(29)11-18(26-22(21)24-12-16-4-5-16)17-6-8-28(9-7-17)23(30)19-10-15(3)31-27-19/h10-11,13-14,16-17H,4-9,12H2,1-3H3,(H,24,26). The molecule has 4 heterocycles. The molecule has 31 heavy (non-hydrogen) atoms. The number of carbonyl (C=O) groups is 1. The molecule has 164 valence electrons. The Bertz CT molecular complexity index is 1090. The van der Waals surface area contributed by atoms with Gasteiger partial charge in [0, 0.05) is 43.4 Å². The minimum absolute atomic E-state index is 0.0524. The Morgan fingerprint density at radius 3 is 2.65 bits per heavy atom. The number of pyridine rings is 1. The molecule has 2 aliphatic rings. The van der Waals surface area contributed by atoms with Crippen LogP contribution in [0.3, 0.4) is 0 Å². The predicted octanol–water partition coefficient (Wildman–Crippen LogP) is 4.15. The second-order valence-electron chi connectivity index (χ2n) is 9.22. The van der Waals surface area contributed by atoms with Crippen LogP contribution in [0.4, 0.5) is 5.82 Å². The summed E-state index contributed by atoms with van der Waals surface area (Å²) in [5.74, 6) is 2.59. The highest BCUT2D eigenvalue weighted by molar-refractivity contribution is 5.92. The zero-order valence-electron chi connectivity index (χ0n) is 18.5. The van der Waals surface area contributed by atoms with Crippen LogP contribution in [0.1, 0.15) is 73.4 Å². The number of rotatable bonds is 6. The number of carbonyl (C=O) groups excluding carboxylic acids is 1. The van der Waals surface area contributed by atoms with Gasteiger partial charge in [0.2, 0.25) is 0 Å². The summed E-state index contributed by atoms with van der Waals surface area (Å²) in [5, 5.41) is 7.44. The monoisotopic (exact) mass is 422 g/mol. The zero-order valence-corrected chi connectivity index (χ0v) is 18.5. The van der Waals surface area contributed by atoms with Crippen LogP contribution >= 0.6 is 0 Å². The molecular formula is C23H30N6O2. The number of fused-ring (bicyclic) bond motifs is 1. The van der Waals surface area contributed by atoms with Gasteiger partial charge in [0.05, 0.1) is 11.8 Å². The molecule has 0 radical (unpaired) electrons. The molecule has 1 saturated heterocycles. The molecule has 0 spiro atoms. The molecule has 0 unspecified atom stereocenters. The number of nitrogens with zero attached hydrogens (tertiary/aromatic N) is 5. The van der Waals surface area contributed by atoms with Crippen molar-refractivity contribution in [3.63, 3.8) is 0 Å². The van der Waals surface area contributed by atoms with E-state index in [0.29, 0.717) is 36.5 Å². The average Bonchev–Trinajstić information content (AvgIpc) is 3.33. The number of aryl methyl sites for hydroxylation is 1. The summed E-state index contributed by atoms with van der Waals surface area (Å²) in [4.78, 5) is 24.2. The van der Waals surface area contributed by atoms with Crippen LogP contribution < -0.4 is 5.32 Å². The Balaban J connectivity index is 1.36. The van der Waals surface area contributed by atoms with Gasteiger partial charge >= 0.3 is 0 Å². The van der Waals surface area contributed by atoms with Crippen molar-refractivity contribution in [1.82, 2.24) is 24.6 Å². The number of amides is 1. The highest BCUT2D eigenvalue weighted by Crippen LogP contribution is 2.34. The molecule has 1 aliphatic carbocycles. The first-order valence-electron chi connectivity index (χ1n) is 11.3. The summed E-state index contributed by atoms with van der Waals surface area (Å²) in [7, 11) is 0. The Morgan fingerprint density at radius 1 is 1.23 bits per heavy atom. The lowest BCUT2D eigenvalue weighted by molar-refractivity contribution is 0.0701. The van der Waals surface area contributed by atoms with Gasteiger partial charge in [-0.05, 0) is 58.4 Å². The molecule has 0 aromatic carbocycles. The lowest BCUT2D eigenvalue weighted by atomic mass is 9.92. The normalized spacial score (nSPS) is 17.6. The molecule has 0 atom stereocenters. The zero-order chi connectivity index (χ0) is 21.5. The molecule has 1 aliphatic heterocycles. The highest BCUT2D eigenvalue weighted by atomic mass is 16.5. The SMILES string of the molecule is Cc1cc(C(=O)N2CCC(c3cc4c(ncn4C(C)C)c(NCC4CC4)n3)CC2)no1. The van der Waals surface area contributed by atoms with Gasteiger partial charge < -0.3 is 19.3 Å². The average molecular weight is 423 g/mol. The van der Waals surface area contributed by atoms with Crippen LogP contribution in [0.5, 0.6) is 0 Å². The van der Waals surface area contributed by atoms with Crippen LogP contribution in [0.25, 0.3) is 11.0 Å². The van der Waals surface area contributed by atoms with E-state index in [9.17, 15) is 4.79 Å². The van der Waals surface area contributed by atoms with Crippen LogP contribution in [0.15, 0.2) is 23.0 Å². The summed E-state index contributed by atoms with van der Waals surface area (Å²) in [6, 6.07) is 4.24. The van der Waals surface area contributed by atoms with E-state index < -0.39 is 0 Å². The molecule has 1 saturated carbocycles. The molecule has 2 fully saturated rings. The summed E-state index contributed by atoms with van der Waals surface area (Å²) in [5.41, 5.74) is 3.57. The summed E-state index contributed by atoms with van der Waals surface area (Å²) in [6.45, 7) is 8.51. The number of hydrogen-bond acceptors (Lipinski definition) is 6. The fourth-order valence-electron chi connectivity index (χ4n) is 4.36. The molecule has 3 aromatic rings. The summed E-state index contributed by atoms with van der Waals surface area (Å²) >= 11 is 0. The van der Waals surface area contributed by atoms with Gasteiger partial charge in [0.25, 0.3) is 5.91 Å². The van der Waals surface area contributed by atoms with E-state index >= 15 is 0 Å². The molecule has 3 aromatic heterocycles. The molecule has 1 N–H and O–H groups in total. The van der Waals surface area contributed by atoms with E-state index in [0.717, 1.165) is 47.8 Å². The number of aromatic nitrogens is 4. The second-order valence-corrected chi connectivity index (χ2v) is 9.22. The second kappa shape index (κ2) is 7.98. The number of imidazole rings is 1. The van der Waals surface area contributed by atoms with Gasteiger partial charge in [-0.1, -0.05) is 5.16 Å². The van der Waals surface area contributed by atoms with Crippen molar-refractivity contribution in [2.45, 2.75) is 58.4 Å². The van der Waals surface area contributed by atoms with Gasteiger partial charge in [-0.15, -0.1) is 0 Å². The molecule has 0 bridgehead atoms. The smallest absolute Gasteiger partial charge is 0.276 e. The van der Waals surface area contributed by atoms with E-state index in [-0.39, 0.29) is 5.91 Å². The third-order valence-electron chi connectivity index (χ3n) is 6.44. The fourth-order valence-corrected chi connectivity index (χ4v) is 4.36. The quantitative estimate of drug-likeness (QED) is 0.642. The first-order valence-corrected chi connectivity index (χ1v) is 11.3. The Morgan fingerprint density at radius 2 is 2.00 bits per heavy atom. The van der Waals surface area contributed by atoms with Crippen molar-refractivity contribution >= 4 is 22.8 Å². The van der Waals surface area contributed by atoms with Crippen LogP contribution in [0.2, 0.25) is 0 Å². The van der Waals surface area contributed by atoms with Crippen molar-refractivity contribution in [2.75, 3.05) is 25.0 Å². The van der Waals surface area contributed by atoms with Crippen molar-refractivity contribution in [1.29, 1.82) is 0 Å². The maximum absolute atomic E-state index is 12.7. The van der Waals surface area contributed by atoms with Gasteiger partial charge in [0.15, 0.2) is 11.5 Å². The summed E-state index contributed by atoms with van der Waals surface area (Å²) in [6.07, 6.45) is 6.30. The van der Waals surface area contributed by atoms with E-state index in [4.69, 9.17) is 9.51 Å². The number of anilines is 1. The van der Waals surface area contributed by atoms with Crippen LogP contribution in [0, 0.1) is 12.8 Å². The third-order valence-corrected chi connectivity index (χ3v) is 6.44. The van der Waals surface area contributed by atoms with Gasteiger partial charge in [0.1, 0.15) is 11.3 Å². The fraction of sp³-hybridized carbons (Fsp3) is 0.565. The third kappa shape index (κ3) is 4.03. The van der Waals surface area contributed by atoms with E-state index in [1.165, 1.54) is 12.8 Å². The number of piperidine rings is 1. The maximum atomic E-state index is 12.7. The van der Waals surface area contributed by atoms with E-state index in [1.807, 2.05) is 11.2 Å².